The number of thiazole rings is 2. The van der Waals surface area contributed by atoms with Gasteiger partial charge in [0, 0.05) is 11.1 Å². The van der Waals surface area contributed by atoms with E-state index in [2.05, 4.69) is 172 Å². The van der Waals surface area contributed by atoms with Crippen LogP contribution < -0.4 is 10.4 Å². The predicted molar refractivity (Wildman–Crippen MR) is 210 cm³/mol. The normalized spacial score (nSPS) is 20.2. The van der Waals surface area contributed by atoms with Gasteiger partial charge in [0.25, 0.3) is 0 Å². The average molecular weight is 685 g/mol. The summed E-state index contributed by atoms with van der Waals surface area (Å²) in [6.07, 6.45) is 0. The highest BCUT2D eigenvalue weighted by molar-refractivity contribution is 7.21. The first-order chi connectivity index (χ1) is 24.1. The molecule has 6 aromatic carbocycles. The quantitative estimate of drug-likeness (QED) is 0.163. The molecule has 0 amide bonds. The molecule has 0 aliphatic carbocycles. The van der Waals surface area contributed by atoms with Crippen molar-refractivity contribution in [1.29, 1.82) is 0 Å². The first-order valence-corrected chi connectivity index (χ1v) is 20.8. The zero-order valence-electron chi connectivity index (χ0n) is 27.5. The maximum atomic E-state index is 5.62. The van der Waals surface area contributed by atoms with Crippen molar-refractivity contribution in [1.82, 2.24) is 9.97 Å². The summed E-state index contributed by atoms with van der Waals surface area (Å²) in [6, 6.07) is 59.2. The van der Waals surface area contributed by atoms with E-state index in [0.29, 0.717) is 0 Å². The van der Waals surface area contributed by atoms with Crippen LogP contribution in [-0.4, -0.2) is 18.0 Å². The number of hydrogen-bond donors (Lipinski definition) is 0. The van der Waals surface area contributed by atoms with E-state index in [1.807, 2.05) is 22.7 Å². The second-order valence-corrected chi connectivity index (χ2v) is 19.7. The molecule has 4 atom stereocenters. The van der Waals surface area contributed by atoms with Gasteiger partial charge in [0.2, 0.25) is 0 Å². The van der Waals surface area contributed by atoms with Crippen LogP contribution in [0.25, 0.3) is 20.4 Å². The molecule has 0 radical (unpaired) electrons. The van der Waals surface area contributed by atoms with Crippen molar-refractivity contribution in [3.8, 4) is 0 Å². The fourth-order valence-electron chi connectivity index (χ4n) is 8.71. The van der Waals surface area contributed by atoms with Crippen molar-refractivity contribution in [2.24, 2.45) is 0 Å². The van der Waals surface area contributed by atoms with Gasteiger partial charge in [-0.25, -0.2) is 9.97 Å². The van der Waals surface area contributed by atoms with Crippen LogP contribution in [0.3, 0.4) is 0 Å². The number of nitrogens with zero attached hydrogens (tertiary/aromatic N) is 2. The van der Waals surface area contributed by atoms with Gasteiger partial charge in [0.1, 0.15) is 8.07 Å². The Morgan fingerprint density at radius 1 is 0.449 bits per heavy atom. The molecule has 0 N–H and O–H groups in total. The van der Waals surface area contributed by atoms with Crippen molar-refractivity contribution in [2.75, 3.05) is 0 Å². The van der Waals surface area contributed by atoms with Gasteiger partial charge in [0.05, 0.1) is 30.4 Å². The third-order valence-corrected chi connectivity index (χ3v) is 19.1. The van der Waals surface area contributed by atoms with Crippen LogP contribution in [0.15, 0.2) is 158 Å². The predicted octanol–water partition coefficient (Wildman–Crippen LogP) is 10.3. The second-order valence-electron chi connectivity index (χ2n) is 13.5. The maximum Gasteiger partial charge on any atom is 0.138 e. The average Bonchev–Trinajstić information content (AvgIpc) is 3.85. The largest absolute Gasteiger partial charge is 0.241 e. The summed E-state index contributed by atoms with van der Waals surface area (Å²) in [4.78, 5) is 11.2. The minimum absolute atomic E-state index is 0.154. The molecule has 4 unspecified atom stereocenters. The summed E-state index contributed by atoms with van der Waals surface area (Å²) in [6.45, 7) is 4.34. The summed E-state index contributed by atoms with van der Waals surface area (Å²) in [5, 5.41) is 5.38. The second kappa shape index (κ2) is 12.3. The lowest BCUT2D eigenvalue weighted by Gasteiger charge is -2.39. The zero-order chi connectivity index (χ0) is 33.0. The van der Waals surface area contributed by atoms with Crippen LogP contribution >= 0.6 is 22.7 Å². The Labute approximate surface area is 296 Å². The number of benzene rings is 6. The fraction of sp³-hybridized carbons (Fsp3) is 0.136. The lowest BCUT2D eigenvalue weighted by molar-refractivity contribution is 0.552. The van der Waals surface area contributed by atoms with Crippen LogP contribution in [0.5, 0.6) is 0 Å². The standard InChI is InChI=1S/C44H36N2S2Si/c1-29-23-25-37-35(27-29)45-43(47-37)41-39(31-15-7-3-8-16-31)40(32-17-9-4-10-18-32)42(44-46-36-28-30(2)24-26-38(36)48-44)49(41,33-19-11-5-12-20-33)34-21-13-6-14-22-34/h3-28,39-42H,1-2H3. The topological polar surface area (TPSA) is 25.8 Å². The van der Waals surface area contributed by atoms with Gasteiger partial charge in [-0.15, -0.1) is 22.7 Å². The molecule has 0 saturated carbocycles. The zero-order valence-corrected chi connectivity index (χ0v) is 30.2. The maximum absolute atomic E-state index is 5.62. The molecule has 1 fully saturated rings. The summed E-state index contributed by atoms with van der Waals surface area (Å²) >= 11 is 3.80. The summed E-state index contributed by atoms with van der Waals surface area (Å²) in [5.41, 5.74) is 7.75. The first kappa shape index (κ1) is 30.4. The van der Waals surface area contributed by atoms with E-state index in [1.165, 1.54) is 52.0 Å². The van der Waals surface area contributed by atoms with Crippen molar-refractivity contribution >= 4 is 61.6 Å². The molecule has 1 aliphatic heterocycles. The summed E-state index contributed by atoms with van der Waals surface area (Å²) in [5.74, 6) is 0.354. The van der Waals surface area contributed by atoms with Crippen LogP contribution in [0.1, 0.15) is 55.2 Å². The number of aromatic nitrogens is 2. The van der Waals surface area contributed by atoms with E-state index < -0.39 is 8.07 Å². The van der Waals surface area contributed by atoms with Gasteiger partial charge in [-0.05, 0) is 72.2 Å². The fourth-order valence-corrected chi connectivity index (χ4v) is 18.6. The van der Waals surface area contributed by atoms with Gasteiger partial charge in [0.15, 0.2) is 0 Å². The van der Waals surface area contributed by atoms with Crippen LogP contribution in [0.2, 0.25) is 0 Å². The molecule has 8 aromatic rings. The highest BCUT2D eigenvalue weighted by atomic mass is 32.1. The number of hydrogen-bond acceptors (Lipinski definition) is 4. The summed E-state index contributed by atoms with van der Waals surface area (Å²) < 4.78 is 2.51. The van der Waals surface area contributed by atoms with Gasteiger partial charge in [-0.1, -0.05) is 144 Å². The SMILES string of the molecule is Cc1ccc2sc(C3C(c4ccccc4)C(c4ccccc4)C(c4nc5cc(C)ccc5s4)[Si]3(c3ccccc3)c3ccccc3)nc2c1. The molecular formula is C44H36N2S2Si. The minimum Gasteiger partial charge on any atom is -0.241 e. The molecule has 238 valence electrons. The summed E-state index contributed by atoms with van der Waals surface area (Å²) in [7, 11) is -2.87. The molecule has 0 spiro atoms. The van der Waals surface area contributed by atoms with E-state index in [4.69, 9.17) is 9.97 Å². The third-order valence-electron chi connectivity index (χ3n) is 10.6. The lowest BCUT2D eigenvalue weighted by Crippen LogP contribution is -2.64. The van der Waals surface area contributed by atoms with Crippen molar-refractivity contribution < 1.29 is 0 Å². The number of aryl methyl sites for hydroxylation is 2. The van der Waals surface area contributed by atoms with Crippen LogP contribution in [-0.2, 0) is 0 Å². The van der Waals surface area contributed by atoms with E-state index in [0.717, 1.165) is 11.0 Å². The Morgan fingerprint density at radius 3 is 1.20 bits per heavy atom. The van der Waals surface area contributed by atoms with Gasteiger partial charge in [-0.2, -0.15) is 0 Å². The molecule has 5 heteroatoms. The molecule has 9 rings (SSSR count). The molecular weight excluding hydrogens is 649 g/mol. The monoisotopic (exact) mass is 684 g/mol. The highest BCUT2D eigenvalue weighted by Gasteiger charge is 2.66. The number of rotatable bonds is 6. The van der Waals surface area contributed by atoms with E-state index in [1.54, 1.807) is 0 Å². The Bertz CT molecular complexity index is 2220. The number of fused-ring (bicyclic) bond motifs is 2. The van der Waals surface area contributed by atoms with E-state index in [9.17, 15) is 0 Å². The molecule has 0 bridgehead atoms. The van der Waals surface area contributed by atoms with Crippen LogP contribution in [0.4, 0.5) is 0 Å². The van der Waals surface area contributed by atoms with Gasteiger partial charge < -0.3 is 0 Å². The third kappa shape index (κ3) is 5.02. The molecule has 49 heavy (non-hydrogen) atoms. The van der Waals surface area contributed by atoms with Crippen molar-refractivity contribution in [2.45, 2.75) is 36.8 Å². The Kier molecular flexibility index (Phi) is 7.64. The molecule has 2 aromatic heterocycles. The Balaban J connectivity index is 1.47. The lowest BCUT2D eigenvalue weighted by atomic mass is 9.78. The van der Waals surface area contributed by atoms with Gasteiger partial charge in [-0.3, -0.25) is 0 Å². The van der Waals surface area contributed by atoms with E-state index in [-0.39, 0.29) is 22.9 Å². The molecule has 1 aliphatic rings. The molecule has 2 nitrogen and oxygen atoms in total. The minimum atomic E-state index is -2.87. The highest BCUT2D eigenvalue weighted by Crippen LogP contribution is 2.64. The Morgan fingerprint density at radius 2 is 0.816 bits per heavy atom. The first-order valence-electron chi connectivity index (χ1n) is 17.1. The van der Waals surface area contributed by atoms with E-state index >= 15 is 0 Å². The molecule has 3 heterocycles. The Hall–Kier alpha value is -4.68. The van der Waals surface area contributed by atoms with Gasteiger partial charge >= 0.3 is 0 Å². The smallest absolute Gasteiger partial charge is 0.138 e. The van der Waals surface area contributed by atoms with Crippen molar-refractivity contribution in [3.05, 3.63) is 190 Å². The van der Waals surface area contributed by atoms with Crippen LogP contribution in [0, 0.1) is 13.8 Å². The van der Waals surface area contributed by atoms with Crippen molar-refractivity contribution in [3.63, 3.8) is 0 Å². The molecule has 1 saturated heterocycles.